The number of aromatic nitrogens is 3. The van der Waals surface area contributed by atoms with Crippen molar-refractivity contribution in [2.24, 2.45) is 0 Å². The van der Waals surface area contributed by atoms with Crippen LogP contribution in [0.5, 0.6) is 11.8 Å². The number of hydrogen-bond acceptors (Lipinski definition) is 8. The molecule has 10 nitrogen and oxygen atoms in total. The second-order valence-corrected chi connectivity index (χ2v) is 7.15. The highest BCUT2D eigenvalue weighted by Gasteiger charge is 2.39. The number of carbonyl (C=O) groups is 1. The summed E-state index contributed by atoms with van der Waals surface area (Å²) in [5, 5.41) is 2.08. The van der Waals surface area contributed by atoms with Gasteiger partial charge in [0.15, 0.2) is 6.10 Å². The molecule has 0 saturated heterocycles. The molecule has 1 unspecified atom stereocenters. The number of nitrogens with zero attached hydrogens (tertiary/aromatic N) is 3. The lowest BCUT2D eigenvalue weighted by molar-refractivity contribution is -0.189. The maximum absolute atomic E-state index is 12.7. The smallest absolute Gasteiger partial charge is 0.425 e. The first kappa shape index (κ1) is 22.1. The number of amides is 2. The summed E-state index contributed by atoms with van der Waals surface area (Å²) >= 11 is 0. The minimum atomic E-state index is -4.71. The first-order valence-corrected chi connectivity index (χ1v) is 9.33. The van der Waals surface area contributed by atoms with Crippen molar-refractivity contribution in [1.29, 1.82) is 0 Å². The molecular weight excluding hydrogens is 419 g/mol. The van der Waals surface area contributed by atoms with Crippen molar-refractivity contribution in [3.8, 4) is 11.8 Å². The maximum atomic E-state index is 12.7. The molecule has 0 aliphatic rings. The van der Waals surface area contributed by atoms with Crippen LogP contribution < -0.4 is 19.5 Å². The number of aryl methyl sites for hydroxylation is 1. The molecule has 2 aromatic rings. The molecule has 0 spiro atoms. The van der Waals surface area contributed by atoms with E-state index < -0.39 is 39.0 Å². The number of urea groups is 1. The predicted molar refractivity (Wildman–Crippen MR) is 93.0 cm³/mol. The van der Waals surface area contributed by atoms with Crippen LogP contribution >= 0.6 is 0 Å². The normalized spacial score (nSPS) is 12.8. The summed E-state index contributed by atoms with van der Waals surface area (Å²) in [5.41, 5.74) is 0. The van der Waals surface area contributed by atoms with Gasteiger partial charge in [-0.15, -0.1) is 0 Å². The zero-order valence-corrected chi connectivity index (χ0v) is 16.1. The van der Waals surface area contributed by atoms with Crippen LogP contribution in [0.25, 0.3) is 0 Å². The van der Waals surface area contributed by atoms with Crippen LogP contribution in [0, 0.1) is 6.92 Å². The Labute approximate surface area is 163 Å². The van der Waals surface area contributed by atoms with Gasteiger partial charge in [-0.1, -0.05) is 12.1 Å². The molecule has 0 aliphatic heterocycles. The number of ether oxygens (including phenoxy) is 2. The third-order valence-corrected chi connectivity index (χ3v) is 4.64. The van der Waals surface area contributed by atoms with Crippen LogP contribution in [0.15, 0.2) is 29.2 Å². The Morgan fingerprint density at radius 3 is 2.45 bits per heavy atom. The number of hydrogen-bond donors (Lipinski definition) is 2. The molecule has 0 aliphatic carbocycles. The van der Waals surface area contributed by atoms with E-state index in [0.29, 0.717) is 0 Å². The summed E-state index contributed by atoms with van der Waals surface area (Å²) in [4.78, 5) is 22.7. The molecule has 14 heteroatoms. The lowest BCUT2D eigenvalue weighted by atomic mass is 10.3. The number of sulfonamides is 1. The Morgan fingerprint density at radius 2 is 1.83 bits per heavy atom. The van der Waals surface area contributed by atoms with Crippen LogP contribution in [-0.2, 0) is 10.0 Å². The molecule has 1 heterocycles. The molecule has 2 rings (SSSR count). The summed E-state index contributed by atoms with van der Waals surface area (Å²) in [6.45, 7) is 2.21. The number of anilines is 1. The molecule has 0 radical (unpaired) electrons. The van der Waals surface area contributed by atoms with Crippen LogP contribution in [0.2, 0.25) is 0 Å². The molecule has 158 valence electrons. The van der Waals surface area contributed by atoms with Gasteiger partial charge in [0, 0.05) is 0 Å². The van der Waals surface area contributed by atoms with Crippen LogP contribution in [0.3, 0.4) is 0 Å². The van der Waals surface area contributed by atoms with Crippen molar-refractivity contribution in [2.45, 2.75) is 31.0 Å². The Morgan fingerprint density at radius 1 is 1.17 bits per heavy atom. The van der Waals surface area contributed by atoms with Gasteiger partial charge in [-0.2, -0.15) is 28.1 Å². The highest BCUT2D eigenvalue weighted by molar-refractivity contribution is 7.90. The van der Waals surface area contributed by atoms with Gasteiger partial charge in [0.2, 0.25) is 5.95 Å². The third-order valence-electron chi connectivity index (χ3n) is 3.27. The summed E-state index contributed by atoms with van der Waals surface area (Å²) in [5.74, 6) is -0.678. The summed E-state index contributed by atoms with van der Waals surface area (Å²) in [7, 11) is -3.30. The third kappa shape index (κ3) is 5.91. The number of rotatable bonds is 6. The van der Waals surface area contributed by atoms with Crippen molar-refractivity contribution < 1.29 is 35.9 Å². The van der Waals surface area contributed by atoms with Gasteiger partial charge >= 0.3 is 18.2 Å². The van der Waals surface area contributed by atoms with Gasteiger partial charge < -0.3 is 9.47 Å². The number of alkyl halides is 3. The molecule has 1 atom stereocenters. The fourth-order valence-corrected chi connectivity index (χ4v) is 2.98. The van der Waals surface area contributed by atoms with E-state index in [1.54, 1.807) is 4.72 Å². The molecule has 1 aromatic carbocycles. The van der Waals surface area contributed by atoms with E-state index in [1.807, 2.05) is 0 Å². The van der Waals surface area contributed by atoms with E-state index in [9.17, 15) is 26.4 Å². The number of para-hydroxylation sites is 1. The second-order valence-electron chi connectivity index (χ2n) is 5.50. The standard InChI is InChI=1S/C15H16F3N5O5S/c1-8(15(16,17)18)28-10-6-4-5-7-11(10)29(25,26)23-13(24)21-12-19-9(2)20-14(22-12)27-3/h4-8H,1-3H3,(H2,19,20,21,22,23,24). The summed E-state index contributed by atoms with van der Waals surface area (Å²) in [6.07, 6.45) is -6.98. The summed E-state index contributed by atoms with van der Waals surface area (Å²) in [6, 6.07) is 3.21. The number of nitrogens with one attached hydrogen (secondary N) is 2. The van der Waals surface area contributed by atoms with Gasteiger partial charge in [0.05, 0.1) is 7.11 Å². The SMILES string of the molecule is COc1nc(C)nc(NC(=O)NS(=O)(=O)c2ccccc2OC(C)C(F)(F)F)n1. The first-order chi connectivity index (χ1) is 13.4. The Hall–Kier alpha value is -3.16. The van der Waals surface area contributed by atoms with E-state index in [0.717, 1.165) is 19.1 Å². The lowest BCUT2D eigenvalue weighted by Crippen LogP contribution is -2.36. The Kier molecular flexibility index (Phi) is 6.46. The molecule has 2 amide bonds. The molecule has 29 heavy (non-hydrogen) atoms. The quantitative estimate of drug-likeness (QED) is 0.704. The van der Waals surface area contributed by atoms with Crippen molar-refractivity contribution >= 4 is 22.0 Å². The zero-order valence-electron chi connectivity index (χ0n) is 15.3. The minimum Gasteiger partial charge on any atom is -0.480 e. The van der Waals surface area contributed by atoms with Crippen LogP contribution in [0.1, 0.15) is 12.7 Å². The summed E-state index contributed by atoms with van der Waals surface area (Å²) < 4.78 is 74.3. The number of halogens is 3. The highest BCUT2D eigenvalue weighted by Crippen LogP contribution is 2.29. The zero-order chi connectivity index (χ0) is 21.8. The van der Waals surface area contributed by atoms with Gasteiger partial charge in [-0.3, -0.25) is 5.32 Å². The van der Waals surface area contributed by atoms with Crippen molar-refractivity contribution in [3.63, 3.8) is 0 Å². The number of carbonyl (C=O) groups excluding carboxylic acids is 1. The van der Waals surface area contributed by atoms with Gasteiger partial charge in [0.25, 0.3) is 10.0 Å². The highest BCUT2D eigenvalue weighted by atomic mass is 32.2. The average molecular weight is 435 g/mol. The van der Waals surface area contributed by atoms with E-state index >= 15 is 0 Å². The fourth-order valence-electron chi connectivity index (χ4n) is 1.94. The van der Waals surface area contributed by atoms with Gasteiger partial charge in [-0.05, 0) is 26.0 Å². The Bertz CT molecular complexity index is 1000. The van der Waals surface area contributed by atoms with E-state index in [1.165, 1.54) is 26.2 Å². The molecule has 0 bridgehead atoms. The average Bonchev–Trinajstić information content (AvgIpc) is 2.60. The monoisotopic (exact) mass is 435 g/mol. The first-order valence-electron chi connectivity index (χ1n) is 7.85. The van der Waals surface area contributed by atoms with E-state index in [4.69, 9.17) is 9.47 Å². The van der Waals surface area contributed by atoms with Crippen molar-refractivity contribution in [3.05, 3.63) is 30.1 Å². The second kappa shape index (κ2) is 8.46. The Balaban J connectivity index is 2.21. The van der Waals surface area contributed by atoms with Crippen molar-refractivity contribution in [2.75, 3.05) is 12.4 Å². The van der Waals surface area contributed by atoms with Crippen LogP contribution in [0.4, 0.5) is 23.9 Å². The molecule has 1 aromatic heterocycles. The molecule has 2 N–H and O–H groups in total. The molecule has 0 fully saturated rings. The molecular formula is C15H16F3N5O5S. The lowest BCUT2D eigenvalue weighted by Gasteiger charge is -2.19. The fraction of sp³-hybridized carbons (Fsp3) is 0.333. The van der Waals surface area contributed by atoms with Crippen LogP contribution in [-0.4, -0.2) is 48.8 Å². The molecule has 0 saturated carbocycles. The van der Waals surface area contributed by atoms with E-state index in [-0.39, 0.29) is 17.8 Å². The van der Waals surface area contributed by atoms with Gasteiger partial charge in [0.1, 0.15) is 16.5 Å². The number of benzene rings is 1. The van der Waals surface area contributed by atoms with Crippen molar-refractivity contribution in [1.82, 2.24) is 19.7 Å². The largest absolute Gasteiger partial charge is 0.480 e. The predicted octanol–water partition coefficient (Wildman–Crippen LogP) is 2.03. The maximum Gasteiger partial charge on any atom is 0.425 e. The van der Waals surface area contributed by atoms with Gasteiger partial charge in [-0.25, -0.2) is 17.9 Å². The number of methoxy groups -OCH3 is 1. The minimum absolute atomic E-state index is 0.115. The van der Waals surface area contributed by atoms with E-state index in [2.05, 4.69) is 20.3 Å². The topological polar surface area (TPSA) is 132 Å².